The summed E-state index contributed by atoms with van der Waals surface area (Å²) in [5, 5.41) is 12.3. The van der Waals surface area contributed by atoms with Crippen LogP contribution in [0.15, 0.2) is 0 Å². The summed E-state index contributed by atoms with van der Waals surface area (Å²) in [6, 6.07) is 0. The predicted molar refractivity (Wildman–Crippen MR) is 51.1 cm³/mol. The molecule has 0 aromatic carbocycles. The molecule has 0 saturated heterocycles. The minimum absolute atomic E-state index is 0.353. The van der Waals surface area contributed by atoms with E-state index in [0.29, 0.717) is 12.5 Å². The van der Waals surface area contributed by atoms with Crippen LogP contribution in [0, 0.1) is 11.8 Å². The Bertz CT molecular complexity index is 108. The molecule has 0 heterocycles. The largest absolute Gasteiger partial charge is 0.396 e. The van der Waals surface area contributed by atoms with E-state index in [1.807, 2.05) is 7.05 Å². The molecule has 1 atom stereocenters. The van der Waals surface area contributed by atoms with Crippen LogP contribution in [0.25, 0.3) is 0 Å². The van der Waals surface area contributed by atoms with Gasteiger partial charge in [-0.05, 0) is 18.9 Å². The molecular formula is C10H21NO. The maximum atomic E-state index is 9.17. The Morgan fingerprint density at radius 3 is 2.50 bits per heavy atom. The summed E-state index contributed by atoms with van der Waals surface area (Å²) in [7, 11) is 1.96. The molecular weight excluding hydrogens is 150 g/mol. The second-order valence-corrected chi connectivity index (χ2v) is 3.90. The van der Waals surface area contributed by atoms with E-state index in [4.69, 9.17) is 5.11 Å². The minimum atomic E-state index is 0.353. The van der Waals surface area contributed by atoms with Crippen molar-refractivity contribution >= 4 is 0 Å². The first-order chi connectivity index (χ1) is 5.88. The van der Waals surface area contributed by atoms with E-state index in [9.17, 15) is 0 Å². The fourth-order valence-corrected chi connectivity index (χ4v) is 2.25. The SMILES string of the molecule is CNCC(CO)C1CCCCC1. The summed E-state index contributed by atoms with van der Waals surface area (Å²) >= 11 is 0. The fourth-order valence-electron chi connectivity index (χ4n) is 2.25. The van der Waals surface area contributed by atoms with Crippen molar-refractivity contribution in [3.63, 3.8) is 0 Å². The van der Waals surface area contributed by atoms with Crippen LogP contribution in [0.3, 0.4) is 0 Å². The van der Waals surface area contributed by atoms with Crippen molar-refractivity contribution in [2.24, 2.45) is 11.8 Å². The molecule has 2 N–H and O–H groups in total. The molecule has 0 spiro atoms. The highest BCUT2D eigenvalue weighted by Gasteiger charge is 2.21. The van der Waals surface area contributed by atoms with Gasteiger partial charge >= 0.3 is 0 Å². The minimum Gasteiger partial charge on any atom is -0.396 e. The second kappa shape index (κ2) is 5.55. The van der Waals surface area contributed by atoms with Crippen molar-refractivity contribution < 1.29 is 5.11 Å². The highest BCUT2D eigenvalue weighted by Crippen LogP contribution is 2.29. The van der Waals surface area contributed by atoms with E-state index < -0.39 is 0 Å². The molecule has 1 rings (SSSR count). The van der Waals surface area contributed by atoms with E-state index in [-0.39, 0.29) is 0 Å². The molecule has 0 aromatic heterocycles. The highest BCUT2D eigenvalue weighted by molar-refractivity contribution is 4.74. The molecule has 0 aliphatic heterocycles. The van der Waals surface area contributed by atoms with Gasteiger partial charge in [0.15, 0.2) is 0 Å². The number of hydrogen-bond acceptors (Lipinski definition) is 2. The Labute approximate surface area is 75.4 Å². The van der Waals surface area contributed by atoms with Crippen molar-refractivity contribution in [3.05, 3.63) is 0 Å². The standard InChI is InChI=1S/C10H21NO/c1-11-7-10(8-12)9-5-3-2-4-6-9/h9-12H,2-8H2,1H3. The molecule has 2 nitrogen and oxygen atoms in total. The van der Waals surface area contributed by atoms with Gasteiger partial charge in [-0.3, -0.25) is 0 Å². The van der Waals surface area contributed by atoms with Crippen LogP contribution in [0.1, 0.15) is 32.1 Å². The second-order valence-electron chi connectivity index (χ2n) is 3.90. The Morgan fingerprint density at radius 1 is 1.33 bits per heavy atom. The third-order valence-electron chi connectivity index (χ3n) is 3.02. The van der Waals surface area contributed by atoms with E-state index in [1.54, 1.807) is 0 Å². The quantitative estimate of drug-likeness (QED) is 0.670. The Balaban J connectivity index is 2.29. The van der Waals surface area contributed by atoms with Crippen molar-refractivity contribution in [3.8, 4) is 0 Å². The molecule has 0 bridgehead atoms. The first-order valence-electron chi connectivity index (χ1n) is 5.14. The van der Waals surface area contributed by atoms with E-state index in [2.05, 4.69) is 5.32 Å². The molecule has 0 radical (unpaired) electrons. The summed E-state index contributed by atoms with van der Waals surface area (Å²) < 4.78 is 0. The summed E-state index contributed by atoms with van der Waals surface area (Å²) in [6.45, 7) is 1.33. The van der Waals surface area contributed by atoms with Gasteiger partial charge in [-0.2, -0.15) is 0 Å². The lowest BCUT2D eigenvalue weighted by Crippen LogP contribution is -2.30. The maximum absolute atomic E-state index is 9.17. The Morgan fingerprint density at radius 2 is 2.00 bits per heavy atom. The Kier molecular flexibility index (Phi) is 4.62. The molecule has 12 heavy (non-hydrogen) atoms. The van der Waals surface area contributed by atoms with Crippen LogP contribution in [0.2, 0.25) is 0 Å². The van der Waals surface area contributed by atoms with Crippen LogP contribution in [-0.4, -0.2) is 25.3 Å². The van der Waals surface area contributed by atoms with Crippen molar-refractivity contribution in [2.75, 3.05) is 20.2 Å². The number of aliphatic hydroxyl groups is 1. The Hall–Kier alpha value is -0.0800. The molecule has 2 heteroatoms. The third kappa shape index (κ3) is 2.76. The smallest absolute Gasteiger partial charge is 0.0474 e. The summed E-state index contributed by atoms with van der Waals surface area (Å²) in [4.78, 5) is 0. The van der Waals surface area contributed by atoms with Gasteiger partial charge in [-0.25, -0.2) is 0 Å². The average molecular weight is 171 g/mol. The lowest BCUT2D eigenvalue weighted by Gasteiger charge is -2.28. The first-order valence-corrected chi connectivity index (χ1v) is 5.14. The third-order valence-corrected chi connectivity index (χ3v) is 3.02. The summed E-state index contributed by atoms with van der Waals surface area (Å²) in [6.07, 6.45) is 6.78. The monoisotopic (exact) mass is 171 g/mol. The van der Waals surface area contributed by atoms with Crippen LogP contribution in [-0.2, 0) is 0 Å². The van der Waals surface area contributed by atoms with Crippen LogP contribution < -0.4 is 5.32 Å². The summed E-state index contributed by atoms with van der Waals surface area (Å²) in [5.41, 5.74) is 0. The van der Waals surface area contributed by atoms with Crippen molar-refractivity contribution in [1.82, 2.24) is 5.32 Å². The normalized spacial score (nSPS) is 22.5. The van der Waals surface area contributed by atoms with Gasteiger partial charge < -0.3 is 10.4 Å². The molecule has 72 valence electrons. The predicted octanol–water partition coefficient (Wildman–Crippen LogP) is 1.39. The zero-order valence-corrected chi connectivity index (χ0v) is 8.05. The van der Waals surface area contributed by atoms with E-state index >= 15 is 0 Å². The molecule has 0 aromatic rings. The van der Waals surface area contributed by atoms with E-state index in [1.165, 1.54) is 32.1 Å². The molecule has 1 aliphatic rings. The van der Waals surface area contributed by atoms with Gasteiger partial charge in [0, 0.05) is 13.2 Å². The fraction of sp³-hybridized carbons (Fsp3) is 1.00. The molecule has 1 fully saturated rings. The van der Waals surface area contributed by atoms with Gasteiger partial charge in [-0.1, -0.05) is 32.1 Å². The zero-order valence-electron chi connectivity index (χ0n) is 8.05. The van der Waals surface area contributed by atoms with Gasteiger partial charge in [0.1, 0.15) is 0 Å². The van der Waals surface area contributed by atoms with Crippen LogP contribution in [0.4, 0.5) is 0 Å². The molecule has 1 aliphatic carbocycles. The molecule has 1 unspecified atom stereocenters. The van der Waals surface area contributed by atoms with Gasteiger partial charge in [0.25, 0.3) is 0 Å². The number of hydrogen-bond donors (Lipinski definition) is 2. The lowest BCUT2D eigenvalue weighted by atomic mass is 9.80. The van der Waals surface area contributed by atoms with E-state index in [0.717, 1.165) is 12.5 Å². The van der Waals surface area contributed by atoms with Gasteiger partial charge in [0.05, 0.1) is 0 Å². The molecule has 1 saturated carbocycles. The zero-order chi connectivity index (χ0) is 8.81. The van der Waals surface area contributed by atoms with Gasteiger partial charge in [-0.15, -0.1) is 0 Å². The van der Waals surface area contributed by atoms with Crippen molar-refractivity contribution in [2.45, 2.75) is 32.1 Å². The first kappa shape index (κ1) is 10.0. The highest BCUT2D eigenvalue weighted by atomic mass is 16.3. The lowest BCUT2D eigenvalue weighted by molar-refractivity contribution is 0.147. The molecule has 0 amide bonds. The topological polar surface area (TPSA) is 32.3 Å². The van der Waals surface area contributed by atoms with Crippen LogP contribution in [0.5, 0.6) is 0 Å². The average Bonchev–Trinajstić information content (AvgIpc) is 2.15. The number of aliphatic hydroxyl groups excluding tert-OH is 1. The number of nitrogens with one attached hydrogen (secondary N) is 1. The summed E-state index contributed by atoms with van der Waals surface area (Å²) in [5.74, 6) is 1.27. The van der Waals surface area contributed by atoms with Crippen molar-refractivity contribution in [1.29, 1.82) is 0 Å². The van der Waals surface area contributed by atoms with Crippen LogP contribution >= 0.6 is 0 Å². The van der Waals surface area contributed by atoms with Gasteiger partial charge in [0.2, 0.25) is 0 Å². The number of rotatable bonds is 4. The maximum Gasteiger partial charge on any atom is 0.0474 e.